The number of carbonyl (C=O) groups excluding carboxylic acids is 1. The molecule has 0 saturated heterocycles. The van der Waals surface area contributed by atoms with Gasteiger partial charge in [-0.15, -0.1) is 0 Å². The summed E-state index contributed by atoms with van der Waals surface area (Å²) in [5.41, 5.74) is 3.01. The summed E-state index contributed by atoms with van der Waals surface area (Å²) in [7, 11) is 0. The molecule has 0 bridgehead atoms. The van der Waals surface area contributed by atoms with Gasteiger partial charge >= 0.3 is 0 Å². The molecular formula is C20H27FN4O. The molecule has 0 aliphatic rings. The van der Waals surface area contributed by atoms with Gasteiger partial charge in [-0.25, -0.2) is 15.0 Å². The zero-order chi connectivity index (χ0) is 19.1. The normalized spacial score (nSPS) is 11.0. The van der Waals surface area contributed by atoms with Crippen LogP contribution in [0.1, 0.15) is 61.1 Å². The maximum Gasteiger partial charge on any atom is 0.272 e. The van der Waals surface area contributed by atoms with Crippen molar-refractivity contribution in [2.24, 2.45) is 5.92 Å². The SMILES string of the molecule is CCCc1c(C)ncnc1CN(CCC(C)C)C(=O)c1cccc(F)n1. The van der Waals surface area contributed by atoms with Crippen LogP contribution in [0.5, 0.6) is 0 Å². The summed E-state index contributed by atoms with van der Waals surface area (Å²) in [5.74, 6) is -0.471. The minimum atomic E-state index is -0.649. The van der Waals surface area contributed by atoms with Crippen molar-refractivity contribution in [1.29, 1.82) is 0 Å². The molecule has 1 amide bonds. The molecule has 5 nitrogen and oxygen atoms in total. The first-order valence-electron chi connectivity index (χ1n) is 9.13. The van der Waals surface area contributed by atoms with E-state index in [-0.39, 0.29) is 11.6 Å². The fourth-order valence-electron chi connectivity index (χ4n) is 2.80. The van der Waals surface area contributed by atoms with Crippen LogP contribution in [0.4, 0.5) is 4.39 Å². The van der Waals surface area contributed by atoms with Crippen LogP contribution in [0.25, 0.3) is 0 Å². The van der Waals surface area contributed by atoms with Crippen molar-refractivity contribution in [3.05, 3.63) is 53.1 Å². The molecule has 0 aliphatic carbocycles. The van der Waals surface area contributed by atoms with E-state index in [1.165, 1.54) is 18.5 Å². The summed E-state index contributed by atoms with van der Waals surface area (Å²) in [6, 6.07) is 4.29. The molecule has 0 spiro atoms. The van der Waals surface area contributed by atoms with Gasteiger partial charge in [0.05, 0.1) is 12.2 Å². The first-order chi connectivity index (χ1) is 12.4. The summed E-state index contributed by atoms with van der Waals surface area (Å²) >= 11 is 0. The Balaban J connectivity index is 2.30. The number of halogens is 1. The van der Waals surface area contributed by atoms with Crippen LogP contribution >= 0.6 is 0 Å². The Bertz CT molecular complexity index is 748. The first kappa shape index (κ1) is 19.9. The predicted molar refractivity (Wildman–Crippen MR) is 99.2 cm³/mol. The zero-order valence-electron chi connectivity index (χ0n) is 16.0. The average Bonchev–Trinajstić information content (AvgIpc) is 2.60. The maximum atomic E-state index is 13.4. The fraction of sp³-hybridized carbons (Fsp3) is 0.500. The molecule has 2 heterocycles. The minimum absolute atomic E-state index is 0.122. The summed E-state index contributed by atoms with van der Waals surface area (Å²) in [4.78, 5) is 27.1. The smallest absolute Gasteiger partial charge is 0.272 e. The van der Waals surface area contributed by atoms with Crippen molar-refractivity contribution in [1.82, 2.24) is 19.9 Å². The zero-order valence-corrected chi connectivity index (χ0v) is 16.0. The standard InChI is InChI=1S/C20H27FN4O/c1-5-7-16-15(4)22-13-23-18(16)12-25(11-10-14(2)3)20(26)17-8-6-9-19(21)24-17/h6,8-9,13-14H,5,7,10-12H2,1-4H3. The van der Waals surface area contributed by atoms with Crippen LogP contribution in [-0.4, -0.2) is 32.3 Å². The molecular weight excluding hydrogens is 331 g/mol. The van der Waals surface area contributed by atoms with E-state index in [0.717, 1.165) is 36.2 Å². The summed E-state index contributed by atoms with van der Waals surface area (Å²) < 4.78 is 13.4. The maximum absolute atomic E-state index is 13.4. The van der Waals surface area contributed by atoms with Crippen LogP contribution in [0.15, 0.2) is 24.5 Å². The van der Waals surface area contributed by atoms with Crippen LogP contribution < -0.4 is 0 Å². The number of hydrogen-bond acceptors (Lipinski definition) is 4. The van der Waals surface area contributed by atoms with Gasteiger partial charge in [-0.1, -0.05) is 33.3 Å². The lowest BCUT2D eigenvalue weighted by Gasteiger charge is -2.24. The van der Waals surface area contributed by atoms with Crippen LogP contribution in [0.2, 0.25) is 0 Å². The summed E-state index contributed by atoms with van der Waals surface area (Å²) in [6.45, 7) is 9.24. The highest BCUT2D eigenvalue weighted by molar-refractivity contribution is 5.92. The number of amides is 1. The number of carbonyl (C=O) groups is 1. The molecule has 2 rings (SSSR count). The second kappa shape index (κ2) is 9.36. The molecule has 26 heavy (non-hydrogen) atoms. The van der Waals surface area contributed by atoms with E-state index >= 15 is 0 Å². The molecule has 0 N–H and O–H groups in total. The molecule has 2 aromatic heterocycles. The van der Waals surface area contributed by atoms with E-state index in [0.29, 0.717) is 19.0 Å². The van der Waals surface area contributed by atoms with Crippen molar-refractivity contribution in [3.63, 3.8) is 0 Å². The second-order valence-electron chi connectivity index (χ2n) is 6.89. The minimum Gasteiger partial charge on any atom is -0.331 e. The van der Waals surface area contributed by atoms with Gasteiger partial charge in [0.15, 0.2) is 0 Å². The highest BCUT2D eigenvalue weighted by Crippen LogP contribution is 2.17. The highest BCUT2D eigenvalue weighted by atomic mass is 19.1. The van der Waals surface area contributed by atoms with Gasteiger partial charge in [0.2, 0.25) is 5.95 Å². The Morgan fingerprint density at radius 1 is 1.27 bits per heavy atom. The first-order valence-corrected chi connectivity index (χ1v) is 9.13. The third-order valence-electron chi connectivity index (χ3n) is 4.29. The number of aromatic nitrogens is 3. The Hall–Kier alpha value is -2.37. The van der Waals surface area contributed by atoms with Gasteiger partial charge in [0.1, 0.15) is 12.0 Å². The van der Waals surface area contributed by atoms with Gasteiger partial charge in [-0.3, -0.25) is 4.79 Å². The Labute approximate surface area is 154 Å². The number of nitrogens with zero attached hydrogens (tertiary/aromatic N) is 4. The molecule has 2 aromatic rings. The molecule has 0 aromatic carbocycles. The molecule has 0 aliphatic heterocycles. The van der Waals surface area contributed by atoms with E-state index in [1.54, 1.807) is 11.0 Å². The van der Waals surface area contributed by atoms with Gasteiger partial charge in [-0.05, 0) is 43.4 Å². The van der Waals surface area contributed by atoms with Crippen molar-refractivity contribution in [2.45, 2.75) is 53.5 Å². The molecule has 0 unspecified atom stereocenters. The Kier molecular flexibility index (Phi) is 7.18. The lowest BCUT2D eigenvalue weighted by atomic mass is 10.1. The lowest BCUT2D eigenvalue weighted by molar-refractivity contribution is 0.0725. The Morgan fingerprint density at radius 2 is 2.04 bits per heavy atom. The van der Waals surface area contributed by atoms with E-state index in [1.807, 2.05) is 6.92 Å². The highest BCUT2D eigenvalue weighted by Gasteiger charge is 2.20. The monoisotopic (exact) mass is 358 g/mol. The van der Waals surface area contributed by atoms with Gasteiger partial charge < -0.3 is 4.90 Å². The fourth-order valence-corrected chi connectivity index (χ4v) is 2.80. The van der Waals surface area contributed by atoms with E-state index < -0.39 is 5.95 Å². The summed E-state index contributed by atoms with van der Waals surface area (Å²) in [5, 5.41) is 0. The molecule has 0 radical (unpaired) electrons. The number of aryl methyl sites for hydroxylation is 1. The van der Waals surface area contributed by atoms with Crippen molar-refractivity contribution < 1.29 is 9.18 Å². The number of pyridine rings is 1. The Morgan fingerprint density at radius 3 is 2.69 bits per heavy atom. The van der Waals surface area contributed by atoms with Crippen LogP contribution in [0.3, 0.4) is 0 Å². The van der Waals surface area contributed by atoms with E-state index in [2.05, 4.69) is 35.7 Å². The molecule has 6 heteroatoms. The van der Waals surface area contributed by atoms with Crippen molar-refractivity contribution in [2.75, 3.05) is 6.54 Å². The number of hydrogen-bond donors (Lipinski definition) is 0. The second-order valence-corrected chi connectivity index (χ2v) is 6.89. The third-order valence-corrected chi connectivity index (χ3v) is 4.29. The van der Waals surface area contributed by atoms with Crippen molar-refractivity contribution >= 4 is 5.91 Å². The third kappa shape index (κ3) is 5.31. The quantitative estimate of drug-likeness (QED) is 0.670. The number of rotatable bonds is 8. The average molecular weight is 358 g/mol. The van der Waals surface area contributed by atoms with Gasteiger partial charge in [0.25, 0.3) is 5.91 Å². The molecule has 140 valence electrons. The largest absolute Gasteiger partial charge is 0.331 e. The molecule has 0 atom stereocenters. The summed E-state index contributed by atoms with van der Waals surface area (Å²) in [6.07, 6.45) is 4.24. The van der Waals surface area contributed by atoms with Crippen molar-refractivity contribution in [3.8, 4) is 0 Å². The lowest BCUT2D eigenvalue weighted by Crippen LogP contribution is -2.33. The predicted octanol–water partition coefficient (Wildman–Crippen LogP) is 3.96. The molecule has 0 saturated carbocycles. The van der Waals surface area contributed by atoms with Crippen LogP contribution in [0, 0.1) is 18.8 Å². The molecule has 0 fully saturated rings. The van der Waals surface area contributed by atoms with E-state index in [9.17, 15) is 9.18 Å². The van der Waals surface area contributed by atoms with E-state index in [4.69, 9.17) is 0 Å². The topological polar surface area (TPSA) is 59.0 Å². The van der Waals surface area contributed by atoms with Gasteiger partial charge in [0, 0.05) is 12.2 Å². The van der Waals surface area contributed by atoms with Gasteiger partial charge in [-0.2, -0.15) is 4.39 Å². The van der Waals surface area contributed by atoms with Crippen LogP contribution in [-0.2, 0) is 13.0 Å².